The van der Waals surface area contributed by atoms with Gasteiger partial charge in [0.05, 0.1) is 7.11 Å². The lowest BCUT2D eigenvalue weighted by Crippen LogP contribution is -2.38. The molecule has 1 aliphatic heterocycles. The van der Waals surface area contributed by atoms with Gasteiger partial charge in [0.2, 0.25) is 6.79 Å². The van der Waals surface area contributed by atoms with E-state index in [-0.39, 0.29) is 18.7 Å². The number of carbonyl (C=O) groups excluding carboxylic acids is 1. The van der Waals surface area contributed by atoms with Crippen LogP contribution in [0, 0.1) is 0 Å². The van der Waals surface area contributed by atoms with Crippen LogP contribution in [0.4, 0.5) is 0 Å². The van der Waals surface area contributed by atoms with Gasteiger partial charge in [-0.1, -0.05) is 35.9 Å². The van der Waals surface area contributed by atoms with Crippen LogP contribution in [0.15, 0.2) is 66.7 Å². The third kappa shape index (κ3) is 4.86. The van der Waals surface area contributed by atoms with Crippen LogP contribution >= 0.6 is 11.6 Å². The fraction of sp³-hybridized carbons (Fsp3) is 0.208. The minimum absolute atomic E-state index is 0.120. The quantitative estimate of drug-likeness (QED) is 0.600. The molecule has 0 bridgehead atoms. The van der Waals surface area contributed by atoms with Crippen molar-refractivity contribution in [1.29, 1.82) is 0 Å². The Morgan fingerprint density at radius 2 is 1.73 bits per heavy atom. The van der Waals surface area contributed by atoms with Crippen molar-refractivity contribution in [2.24, 2.45) is 0 Å². The highest BCUT2D eigenvalue weighted by Crippen LogP contribution is 2.33. The van der Waals surface area contributed by atoms with Crippen molar-refractivity contribution in [2.45, 2.75) is 18.9 Å². The van der Waals surface area contributed by atoms with Gasteiger partial charge in [-0.3, -0.25) is 4.79 Å². The first-order valence-corrected chi connectivity index (χ1v) is 10.1. The van der Waals surface area contributed by atoms with Crippen LogP contribution < -0.4 is 19.5 Å². The van der Waals surface area contributed by atoms with E-state index in [2.05, 4.69) is 5.32 Å². The second-order valence-electron chi connectivity index (χ2n) is 7.12. The lowest BCUT2D eigenvalue weighted by Gasteiger charge is -2.20. The topological polar surface area (TPSA) is 56.8 Å². The van der Waals surface area contributed by atoms with E-state index in [1.54, 1.807) is 31.4 Å². The van der Waals surface area contributed by atoms with E-state index in [4.69, 9.17) is 25.8 Å². The van der Waals surface area contributed by atoms with Crippen molar-refractivity contribution in [3.8, 4) is 17.2 Å². The van der Waals surface area contributed by atoms with Crippen LogP contribution in [0.3, 0.4) is 0 Å². The Bertz CT molecular complexity index is 1040. The molecule has 3 aromatic carbocycles. The zero-order valence-electron chi connectivity index (χ0n) is 16.6. The number of hydrogen-bond acceptors (Lipinski definition) is 4. The van der Waals surface area contributed by atoms with E-state index in [1.807, 2.05) is 42.5 Å². The third-order valence-corrected chi connectivity index (χ3v) is 5.22. The number of methoxy groups -OCH3 is 1. The first-order valence-electron chi connectivity index (χ1n) is 9.68. The molecule has 3 aromatic rings. The number of rotatable bonds is 7. The van der Waals surface area contributed by atoms with Gasteiger partial charge in [-0.15, -0.1) is 0 Å². The standard InChI is InChI=1S/C24H22ClNO4/c1-28-21-8-5-16(6-9-21)11-20(26-24(27)18-3-2-4-19(25)14-18)12-17-7-10-22-23(13-17)30-15-29-22/h2-10,13-14,20H,11-12,15H2,1H3,(H,26,27)/t20-/m0/s1. The zero-order chi connectivity index (χ0) is 20.9. The van der Waals surface area contributed by atoms with Gasteiger partial charge in [0.25, 0.3) is 5.91 Å². The number of carbonyl (C=O) groups is 1. The molecule has 0 saturated heterocycles. The SMILES string of the molecule is COc1ccc(C[C@@H](Cc2ccc3c(c2)OCO3)NC(=O)c2cccc(Cl)c2)cc1. The number of amides is 1. The molecule has 0 saturated carbocycles. The number of hydrogen-bond donors (Lipinski definition) is 1. The molecule has 1 heterocycles. The first-order chi connectivity index (χ1) is 14.6. The second kappa shape index (κ2) is 9.09. The minimum atomic E-state index is -0.156. The largest absolute Gasteiger partial charge is 0.497 e. The monoisotopic (exact) mass is 423 g/mol. The molecule has 4 rings (SSSR count). The summed E-state index contributed by atoms with van der Waals surface area (Å²) in [5, 5.41) is 3.69. The van der Waals surface area contributed by atoms with Crippen LogP contribution in [-0.4, -0.2) is 25.9 Å². The van der Waals surface area contributed by atoms with Crippen molar-refractivity contribution >= 4 is 17.5 Å². The van der Waals surface area contributed by atoms with Crippen molar-refractivity contribution < 1.29 is 19.0 Å². The predicted molar refractivity (Wildman–Crippen MR) is 116 cm³/mol. The normalized spacial score (nSPS) is 13.0. The van der Waals surface area contributed by atoms with E-state index >= 15 is 0 Å². The van der Waals surface area contributed by atoms with Crippen LogP contribution in [0.5, 0.6) is 17.2 Å². The molecule has 0 aliphatic carbocycles. The maximum Gasteiger partial charge on any atom is 0.251 e. The van der Waals surface area contributed by atoms with E-state index < -0.39 is 0 Å². The molecule has 0 radical (unpaired) electrons. The highest BCUT2D eigenvalue weighted by Gasteiger charge is 2.18. The summed E-state index contributed by atoms with van der Waals surface area (Å²) in [6.45, 7) is 0.236. The minimum Gasteiger partial charge on any atom is -0.497 e. The Morgan fingerprint density at radius 3 is 2.50 bits per heavy atom. The summed E-state index contributed by atoms with van der Waals surface area (Å²) in [6.07, 6.45) is 1.32. The number of fused-ring (bicyclic) bond motifs is 1. The third-order valence-electron chi connectivity index (χ3n) is 4.98. The Morgan fingerprint density at radius 1 is 1.00 bits per heavy atom. The number of halogens is 1. The second-order valence-corrected chi connectivity index (χ2v) is 7.56. The van der Waals surface area contributed by atoms with Crippen LogP contribution in [0.1, 0.15) is 21.5 Å². The van der Waals surface area contributed by atoms with E-state index in [0.29, 0.717) is 23.4 Å². The number of nitrogens with one attached hydrogen (secondary N) is 1. The molecule has 0 spiro atoms. The molecule has 0 aromatic heterocycles. The highest BCUT2D eigenvalue weighted by atomic mass is 35.5. The van der Waals surface area contributed by atoms with Crippen LogP contribution in [-0.2, 0) is 12.8 Å². The zero-order valence-corrected chi connectivity index (χ0v) is 17.3. The van der Waals surface area contributed by atoms with E-state index in [1.165, 1.54) is 0 Å². The fourth-order valence-corrected chi connectivity index (χ4v) is 3.66. The first kappa shape index (κ1) is 20.1. The smallest absolute Gasteiger partial charge is 0.251 e. The average Bonchev–Trinajstić information content (AvgIpc) is 3.22. The lowest BCUT2D eigenvalue weighted by molar-refractivity contribution is 0.0936. The Kier molecular flexibility index (Phi) is 6.10. The van der Waals surface area contributed by atoms with Gasteiger partial charge in [-0.2, -0.15) is 0 Å². The van der Waals surface area contributed by atoms with Crippen molar-refractivity contribution in [1.82, 2.24) is 5.32 Å². The van der Waals surface area contributed by atoms with Crippen molar-refractivity contribution in [2.75, 3.05) is 13.9 Å². The van der Waals surface area contributed by atoms with Gasteiger partial charge >= 0.3 is 0 Å². The summed E-state index contributed by atoms with van der Waals surface area (Å²) < 4.78 is 16.1. The van der Waals surface area contributed by atoms with Gasteiger partial charge in [0, 0.05) is 16.6 Å². The van der Waals surface area contributed by atoms with Gasteiger partial charge in [-0.25, -0.2) is 0 Å². The molecule has 1 aliphatic rings. The summed E-state index contributed by atoms with van der Waals surface area (Å²) in [5.41, 5.74) is 2.70. The van der Waals surface area contributed by atoms with Crippen LogP contribution in [0.25, 0.3) is 0 Å². The summed E-state index contributed by atoms with van der Waals surface area (Å²) >= 11 is 6.05. The maximum atomic E-state index is 12.8. The number of ether oxygens (including phenoxy) is 3. The molecule has 30 heavy (non-hydrogen) atoms. The van der Waals surface area contributed by atoms with Gasteiger partial charge in [0.1, 0.15) is 5.75 Å². The predicted octanol–water partition coefficient (Wildman–Crippen LogP) is 4.66. The Labute approximate surface area is 180 Å². The number of benzene rings is 3. The summed E-state index contributed by atoms with van der Waals surface area (Å²) in [5.74, 6) is 2.12. The van der Waals surface area contributed by atoms with Crippen LogP contribution in [0.2, 0.25) is 5.02 Å². The molecular formula is C24H22ClNO4. The lowest BCUT2D eigenvalue weighted by atomic mass is 9.98. The molecule has 154 valence electrons. The molecular weight excluding hydrogens is 402 g/mol. The van der Waals surface area contributed by atoms with Crippen molar-refractivity contribution in [3.63, 3.8) is 0 Å². The molecule has 6 heteroatoms. The molecule has 1 amide bonds. The summed E-state index contributed by atoms with van der Waals surface area (Å²) in [4.78, 5) is 12.8. The molecule has 0 unspecified atom stereocenters. The van der Waals surface area contributed by atoms with Gasteiger partial charge in [0.15, 0.2) is 11.5 Å². The van der Waals surface area contributed by atoms with E-state index in [0.717, 1.165) is 28.4 Å². The summed E-state index contributed by atoms with van der Waals surface area (Å²) in [6, 6.07) is 20.6. The van der Waals surface area contributed by atoms with Gasteiger partial charge < -0.3 is 19.5 Å². The summed E-state index contributed by atoms with van der Waals surface area (Å²) in [7, 11) is 1.64. The molecule has 1 N–H and O–H groups in total. The Balaban J connectivity index is 1.54. The maximum absolute atomic E-state index is 12.8. The fourth-order valence-electron chi connectivity index (χ4n) is 3.47. The highest BCUT2D eigenvalue weighted by molar-refractivity contribution is 6.30. The van der Waals surface area contributed by atoms with Gasteiger partial charge in [-0.05, 0) is 66.4 Å². The molecule has 5 nitrogen and oxygen atoms in total. The Hall–Kier alpha value is -3.18. The average molecular weight is 424 g/mol. The molecule has 1 atom stereocenters. The van der Waals surface area contributed by atoms with Crippen molar-refractivity contribution in [3.05, 3.63) is 88.4 Å². The molecule has 0 fully saturated rings. The van der Waals surface area contributed by atoms with E-state index in [9.17, 15) is 4.79 Å².